The van der Waals surface area contributed by atoms with Gasteiger partial charge in [-0.25, -0.2) is 8.42 Å². The molecule has 9 heteroatoms. The Bertz CT molecular complexity index is 1410. The maximum atomic E-state index is 14.0. The van der Waals surface area contributed by atoms with Gasteiger partial charge in [0.2, 0.25) is 11.8 Å². The predicted octanol–water partition coefficient (Wildman–Crippen LogP) is 5.71. The van der Waals surface area contributed by atoms with Crippen molar-refractivity contribution in [2.75, 3.05) is 10.8 Å². The van der Waals surface area contributed by atoms with Crippen LogP contribution in [0.2, 0.25) is 5.02 Å². The summed E-state index contributed by atoms with van der Waals surface area (Å²) in [6.45, 7) is 3.23. The molecule has 0 saturated heterocycles. The Kier molecular flexibility index (Phi) is 9.87. The van der Waals surface area contributed by atoms with Crippen molar-refractivity contribution >= 4 is 39.1 Å². The van der Waals surface area contributed by atoms with Crippen molar-refractivity contribution in [3.63, 3.8) is 0 Å². The molecule has 3 aromatic rings. The van der Waals surface area contributed by atoms with Crippen molar-refractivity contribution in [2.45, 2.75) is 69.5 Å². The largest absolute Gasteiger partial charge is 0.352 e. The Hall–Kier alpha value is -3.36. The van der Waals surface area contributed by atoms with Crippen LogP contribution in [0.5, 0.6) is 0 Å². The molecule has 0 spiro atoms. The van der Waals surface area contributed by atoms with Gasteiger partial charge in [-0.2, -0.15) is 0 Å². The van der Waals surface area contributed by atoms with E-state index in [1.165, 1.54) is 23.1 Å². The topological polar surface area (TPSA) is 86.8 Å². The summed E-state index contributed by atoms with van der Waals surface area (Å²) in [4.78, 5) is 28.9. The van der Waals surface area contributed by atoms with Gasteiger partial charge in [-0.3, -0.25) is 13.9 Å². The number of sulfonamides is 1. The quantitative estimate of drug-likeness (QED) is 0.332. The van der Waals surface area contributed by atoms with Crippen LogP contribution in [-0.4, -0.2) is 43.8 Å². The molecule has 1 atom stereocenters. The number of rotatable bonds is 10. The number of carbonyl (C=O) groups is 2. The summed E-state index contributed by atoms with van der Waals surface area (Å²) in [6.07, 6.45) is 5.13. The van der Waals surface area contributed by atoms with Gasteiger partial charge in [-0.1, -0.05) is 85.0 Å². The fraction of sp³-hybridized carbons (Fsp3) is 0.355. The lowest BCUT2D eigenvalue weighted by Gasteiger charge is -2.33. The standard InChI is InChI=1S/C31H36ClN3O4S/c1-23-16-18-29(19-17-23)40(38,39)35(28-15-9-12-26(32)20-28)22-30(36)34(21-25-10-5-3-6-11-25)24(2)31(37)33-27-13-7-4-8-14-27/h3,5-6,9-12,15-20,24,27H,4,7-8,13-14,21-22H2,1-2H3,(H,33,37). The van der Waals surface area contributed by atoms with Crippen LogP contribution in [0.25, 0.3) is 0 Å². The van der Waals surface area contributed by atoms with Gasteiger partial charge in [0.05, 0.1) is 10.6 Å². The van der Waals surface area contributed by atoms with E-state index >= 15 is 0 Å². The third-order valence-electron chi connectivity index (χ3n) is 7.30. The maximum absolute atomic E-state index is 14.0. The highest BCUT2D eigenvalue weighted by atomic mass is 35.5. The third kappa shape index (κ3) is 7.43. The van der Waals surface area contributed by atoms with E-state index < -0.39 is 28.5 Å². The monoisotopic (exact) mass is 581 g/mol. The van der Waals surface area contributed by atoms with Crippen LogP contribution in [0.4, 0.5) is 5.69 Å². The molecular weight excluding hydrogens is 546 g/mol. The number of anilines is 1. The van der Waals surface area contributed by atoms with Gasteiger partial charge >= 0.3 is 0 Å². The van der Waals surface area contributed by atoms with Crippen LogP contribution < -0.4 is 9.62 Å². The average Bonchev–Trinajstić information content (AvgIpc) is 2.95. The van der Waals surface area contributed by atoms with Gasteiger partial charge < -0.3 is 10.2 Å². The van der Waals surface area contributed by atoms with Gasteiger partial charge in [0, 0.05) is 17.6 Å². The molecule has 40 heavy (non-hydrogen) atoms. The fourth-order valence-electron chi connectivity index (χ4n) is 4.93. The van der Waals surface area contributed by atoms with Crippen LogP contribution >= 0.6 is 11.6 Å². The van der Waals surface area contributed by atoms with Crippen molar-refractivity contribution in [3.8, 4) is 0 Å². The summed E-state index contributed by atoms with van der Waals surface area (Å²) >= 11 is 6.23. The number of nitrogens with zero attached hydrogens (tertiary/aromatic N) is 2. The second-order valence-electron chi connectivity index (χ2n) is 10.3. The lowest BCUT2D eigenvalue weighted by molar-refractivity contribution is -0.139. The van der Waals surface area contributed by atoms with Gasteiger partial charge in [0.25, 0.3) is 10.0 Å². The molecule has 1 N–H and O–H groups in total. The molecule has 0 aromatic heterocycles. The second kappa shape index (κ2) is 13.3. The lowest BCUT2D eigenvalue weighted by atomic mass is 9.95. The number of nitrogens with one attached hydrogen (secondary N) is 1. The van der Waals surface area contributed by atoms with E-state index in [-0.39, 0.29) is 29.1 Å². The molecule has 0 radical (unpaired) electrons. The minimum Gasteiger partial charge on any atom is -0.352 e. The van der Waals surface area contributed by atoms with Crippen LogP contribution in [-0.2, 0) is 26.2 Å². The average molecular weight is 582 g/mol. The number of carbonyl (C=O) groups excluding carboxylic acids is 2. The van der Waals surface area contributed by atoms with Crippen molar-refractivity contribution in [1.29, 1.82) is 0 Å². The van der Waals surface area contributed by atoms with Gasteiger partial charge in [-0.15, -0.1) is 0 Å². The van der Waals surface area contributed by atoms with Crippen molar-refractivity contribution in [1.82, 2.24) is 10.2 Å². The molecule has 1 aliphatic carbocycles. The van der Waals surface area contributed by atoms with Crippen LogP contribution in [0.1, 0.15) is 50.2 Å². The fourth-order valence-corrected chi connectivity index (χ4v) is 6.52. The molecule has 212 valence electrons. The van der Waals surface area contributed by atoms with E-state index in [1.54, 1.807) is 37.3 Å². The highest BCUT2D eigenvalue weighted by Gasteiger charge is 2.33. The molecule has 1 unspecified atom stereocenters. The van der Waals surface area contributed by atoms with E-state index in [0.29, 0.717) is 5.02 Å². The zero-order chi connectivity index (χ0) is 28.7. The van der Waals surface area contributed by atoms with Crippen LogP contribution in [0.3, 0.4) is 0 Å². The van der Waals surface area contributed by atoms with E-state index in [9.17, 15) is 18.0 Å². The summed E-state index contributed by atoms with van der Waals surface area (Å²) in [7, 11) is -4.13. The van der Waals surface area contributed by atoms with E-state index in [1.807, 2.05) is 37.3 Å². The molecule has 4 rings (SSSR count). The van der Waals surface area contributed by atoms with Gasteiger partial charge in [0.1, 0.15) is 12.6 Å². The summed E-state index contributed by atoms with van der Waals surface area (Å²) < 4.78 is 28.8. The Balaban J connectivity index is 1.66. The zero-order valence-electron chi connectivity index (χ0n) is 22.9. The zero-order valence-corrected chi connectivity index (χ0v) is 24.5. The molecule has 3 aromatic carbocycles. The summed E-state index contributed by atoms with van der Waals surface area (Å²) in [5.41, 5.74) is 2.01. The smallest absolute Gasteiger partial charge is 0.264 e. The van der Waals surface area contributed by atoms with Crippen molar-refractivity contribution in [2.24, 2.45) is 0 Å². The second-order valence-corrected chi connectivity index (χ2v) is 12.6. The minimum absolute atomic E-state index is 0.0589. The highest BCUT2D eigenvalue weighted by Crippen LogP contribution is 2.27. The molecule has 0 bridgehead atoms. The van der Waals surface area contributed by atoms with Gasteiger partial charge in [-0.05, 0) is 62.6 Å². The molecule has 2 amide bonds. The first-order valence-electron chi connectivity index (χ1n) is 13.6. The van der Waals surface area contributed by atoms with E-state index in [0.717, 1.165) is 47.5 Å². The SMILES string of the molecule is Cc1ccc(S(=O)(=O)N(CC(=O)N(Cc2ccccc2)C(C)C(=O)NC2CCCCC2)c2cccc(Cl)c2)cc1. The molecule has 1 aliphatic rings. The predicted molar refractivity (Wildman–Crippen MR) is 159 cm³/mol. The summed E-state index contributed by atoms with van der Waals surface area (Å²) in [6, 6.07) is 21.5. The van der Waals surface area contributed by atoms with E-state index in [4.69, 9.17) is 11.6 Å². The third-order valence-corrected chi connectivity index (χ3v) is 9.32. The van der Waals surface area contributed by atoms with Crippen LogP contribution in [0.15, 0.2) is 83.8 Å². The lowest BCUT2D eigenvalue weighted by Crippen LogP contribution is -2.53. The number of amides is 2. The molecule has 1 fully saturated rings. The maximum Gasteiger partial charge on any atom is 0.264 e. The highest BCUT2D eigenvalue weighted by molar-refractivity contribution is 7.92. The number of benzene rings is 3. The molecule has 0 heterocycles. The normalized spacial score (nSPS) is 14.8. The van der Waals surface area contributed by atoms with E-state index in [2.05, 4.69) is 5.32 Å². The molecule has 0 aliphatic heterocycles. The molecule has 7 nitrogen and oxygen atoms in total. The first kappa shape index (κ1) is 29.6. The minimum atomic E-state index is -4.13. The van der Waals surface area contributed by atoms with Crippen molar-refractivity contribution < 1.29 is 18.0 Å². The summed E-state index contributed by atoms with van der Waals surface area (Å²) in [5.74, 6) is -0.738. The Morgan fingerprint density at radius 2 is 1.62 bits per heavy atom. The number of halogens is 1. The number of hydrogen-bond acceptors (Lipinski definition) is 4. The first-order chi connectivity index (χ1) is 19.1. The molecule has 1 saturated carbocycles. The number of aryl methyl sites for hydroxylation is 1. The van der Waals surface area contributed by atoms with Crippen LogP contribution in [0, 0.1) is 6.92 Å². The summed E-state index contributed by atoms with van der Waals surface area (Å²) in [5, 5.41) is 3.45. The number of hydrogen-bond donors (Lipinski definition) is 1. The van der Waals surface area contributed by atoms with Crippen molar-refractivity contribution in [3.05, 3.63) is 95.0 Å². The first-order valence-corrected chi connectivity index (χ1v) is 15.5. The Morgan fingerprint density at radius 3 is 2.27 bits per heavy atom. The Morgan fingerprint density at radius 1 is 0.950 bits per heavy atom. The van der Waals surface area contributed by atoms with Gasteiger partial charge in [0.15, 0.2) is 0 Å². The molecular formula is C31H36ClN3O4S. The Labute approximate surface area is 242 Å².